The Morgan fingerprint density at radius 2 is 2.12 bits per heavy atom. The summed E-state index contributed by atoms with van der Waals surface area (Å²) in [5, 5.41) is 3.47. The highest BCUT2D eigenvalue weighted by atomic mass is 19.1. The van der Waals surface area contributed by atoms with Crippen LogP contribution >= 0.6 is 0 Å². The molecule has 1 N–H and O–H groups in total. The molecule has 1 aromatic carbocycles. The molecule has 1 amide bonds. The second-order valence-corrected chi connectivity index (χ2v) is 6.41. The van der Waals surface area contributed by atoms with Crippen molar-refractivity contribution in [1.82, 2.24) is 9.55 Å². The van der Waals surface area contributed by atoms with Crippen LogP contribution in [-0.2, 0) is 11.8 Å². The molecule has 5 nitrogen and oxygen atoms in total. The van der Waals surface area contributed by atoms with Crippen LogP contribution in [0, 0.1) is 11.7 Å². The zero-order valence-electron chi connectivity index (χ0n) is 14.3. The van der Waals surface area contributed by atoms with Crippen LogP contribution < -0.4 is 10.1 Å². The molecular weight excluding hydrogens is 340 g/mol. The Morgan fingerprint density at radius 3 is 2.81 bits per heavy atom. The van der Waals surface area contributed by atoms with E-state index in [0.29, 0.717) is 17.1 Å². The van der Waals surface area contributed by atoms with Crippen molar-refractivity contribution < 1.29 is 18.3 Å². The van der Waals surface area contributed by atoms with Gasteiger partial charge in [-0.1, -0.05) is 0 Å². The smallest absolute Gasteiger partial charge is 0.231 e. The van der Waals surface area contributed by atoms with E-state index in [4.69, 9.17) is 4.74 Å². The van der Waals surface area contributed by atoms with Gasteiger partial charge in [-0.05, 0) is 36.8 Å². The monoisotopic (exact) mass is 357 g/mol. The number of hydrogen-bond acceptors (Lipinski definition) is 3. The van der Waals surface area contributed by atoms with Crippen molar-refractivity contribution in [3.8, 4) is 17.0 Å². The molecule has 0 bridgehead atoms. The van der Waals surface area contributed by atoms with Gasteiger partial charge in [-0.25, -0.2) is 13.8 Å². The van der Waals surface area contributed by atoms with E-state index < -0.39 is 12.1 Å². The molecule has 2 heterocycles. The van der Waals surface area contributed by atoms with Crippen molar-refractivity contribution in [1.29, 1.82) is 0 Å². The minimum absolute atomic E-state index is 0.267. The number of ether oxygens (including phenoxy) is 1. The maximum atomic E-state index is 13.7. The highest BCUT2D eigenvalue weighted by molar-refractivity contribution is 5.96. The number of halogens is 2. The summed E-state index contributed by atoms with van der Waals surface area (Å²) in [5.74, 6) is -0.364. The van der Waals surface area contributed by atoms with E-state index in [1.807, 2.05) is 17.7 Å². The topological polar surface area (TPSA) is 56.1 Å². The van der Waals surface area contributed by atoms with Crippen molar-refractivity contribution in [3.63, 3.8) is 0 Å². The number of nitrogens with zero attached hydrogens (tertiary/aromatic N) is 2. The third-order valence-electron chi connectivity index (χ3n) is 4.67. The number of aryl methyl sites for hydroxylation is 1. The number of rotatable bonds is 4. The summed E-state index contributed by atoms with van der Waals surface area (Å²) in [6.07, 6.45) is 0.839. The van der Waals surface area contributed by atoms with Gasteiger partial charge in [0, 0.05) is 18.0 Å². The molecule has 1 fully saturated rings. The van der Waals surface area contributed by atoms with Crippen molar-refractivity contribution >= 4 is 22.6 Å². The average molecular weight is 357 g/mol. The van der Waals surface area contributed by atoms with Crippen LogP contribution in [0.5, 0.6) is 5.75 Å². The average Bonchev–Trinajstić information content (AvgIpc) is 3.27. The third kappa shape index (κ3) is 2.79. The van der Waals surface area contributed by atoms with E-state index in [2.05, 4.69) is 10.3 Å². The van der Waals surface area contributed by atoms with E-state index >= 15 is 0 Å². The van der Waals surface area contributed by atoms with E-state index in [0.717, 1.165) is 16.6 Å². The lowest BCUT2D eigenvalue weighted by Gasteiger charge is -2.10. The van der Waals surface area contributed by atoms with Gasteiger partial charge < -0.3 is 14.6 Å². The molecule has 0 radical (unpaired) electrons. The molecule has 3 aromatic rings. The lowest BCUT2D eigenvalue weighted by atomic mass is 10.1. The van der Waals surface area contributed by atoms with Crippen molar-refractivity contribution in [2.45, 2.75) is 12.6 Å². The zero-order valence-corrected chi connectivity index (χ0v) is 14.3. The van der Waals surface area contributed by atoms with Crippen molar-refractivity contribution in [3.05, 3.63) is 42.3 Å². The van der Waals surface area contributed by atoms with Gasteiger partial charge in [0.05, 0.1) is 30.4 Å². The van der Waals surface area contributed by atoms with E-state index in [-0.39, 0.29) is 18.1 Å². The molecule has 0 spiro atoms. The maximum absolute atomic E-state index is 13.7. The number of pyridine rings is 1. The molecular formula is C19H17F2N3O2. The number of nitrogens with one attached hydrogen (secondary N) is 1. The lowest BCUT2D eigenvalue weighted by Crippen LogP contribution is -2.15. The number of hydrogen-bond donors (Lipinski definition) is 1. The fourth-order valence-corrected chi connectivity index (χ4v) is 3.09. The summed E-state index contributed by atoms with van der Waals surface area (Å²) in [6.45, 7) is 0. The highest BCUT2D eigenvalue weighted by Crippen LogP contribution is 2.36. The van der Waals surface area contributed by atoms with Crippen LogP contribution in [-0.4, -0.2) is 28.7 Å². The minimum atomic E-state index is -1.05. The first-order valence-corrected chi connectivity index (χ1v) is 8.22. The summed E-state index contributed by atoms with van der Waals surface area (Å²) in [7, 11) is 3.38. The number of carbonyl (C=O) groups excluding carboxylic acids is 1. The number of benzene rings is 1. The van der Waals surface area contributed by atoms with Gasteiger partial charge in [0.1, 0.15) is 23.6 Å². The first kappa shape index (κ1) is 16.5. The van der Waals surface area contributed by atoms with Crippen LogP contribution in [0.15, 0.2) is 36.5 Å². The predicted octanol–water partition coefficient (Wildman–Crippen LogP) is 3.68. The Labute approximate surface area is 148 Å². The number of methoxy groups -OCH3 is 1. The molecule has 2 aromatic heterocycles. The normalized spacial score (nSPS) is 18.8. The fraction of sp³-hybridized carbons (Fsp3) is 0.263. The van der Waals surface area contributed by atoms with Crippen molar-refractivity contribution in [2.75, 3.05) is 12.4 Å². The number of aromatic nitrogens is 2. The number of alkyl halides is 1. The predicted molar refractivity (Wildman–Crippen MR) is 94.3 cm³/mol. The maximum Gasteiger partial charge on any atom is 0.231 e. The van der Waals surface area contributed by atoms with Gasteiger partial charge in [0.25, 0.3) is 0 Å². The van der Waals surface area contributed by atoms with Gasteiger partial charge in [-0.2, -0.15) is 0 Å². The van der Waals surface area contributed by atoms with Gasteiger partial charge in [-0.15, -0.1) is 0 Å². The SMILES string of the molecule is COc1ccc(F)cc1-c1cc2cc(NC(=O)C3CC3F)ncc2n1C. The van der Waals surface area contributed by atoms with E-state index in [1.54, 1.807) is 18.3 Å². The quantitative estimate of drug-likeness (QED) is 0.775. The molecule has 1 aliphatic rings. The second kappa shape index (κ2) is 6.09. The summed E-state index contributed by atoms with van der Waals surface area (Å²) in [6, 6.07) is 7.93. The molecule has 0 aliphatic heterocycles. The molecule has 1 aliphatic carbocycles. The Balaban J connectivity index is 1.73. The first-order chi connectivity index (χ1) is 12.5. The molecule has 4 rings (SSSR count). The standard InChI is InChI=1S/C19H17F2N3O2/c1-24-15(13-7-11(20)3-4-17(13)26-2)5-10-6-18(22-9-16(10)24)23-19(25)12-8-14(12)21/h3-7,9,12,14H,8H2,1-2H3,(H,22,23,25). The van der Waals surface area contributed by atoms with E-state index in [1.165, 1.54) is 19.2 Å². The highest BCUT2D eigenvalue weighted by Gasteiger charge is 2.43. The Hall–Kier alpha value is -2.96. The first-order valence-electron chi connectivity index (χ1n) is 8.22. The number of amides is 1. The molecule has 134 valence electrons. The minimum Gasteiger partial charge on any atom is -0.496 e. The van der Waals surface area contributed by atoms with E-state index in [9.17, 15) is 13.6 Å². The number of anilines is 1. The fourth-order valence-electron chi connectivity index (χ4n) is 3.09. The number of fused-ring (bicyclic) bond motifs is 1. The lowest BCUT2D eigenvalue weighted by molar-refractivity contribution is -0.117. The third-order valence-corrected chi connectivity index (χ3v) is 4.67. The van der Waals surface area contributed by atoms with Gasteiger partial charge in [0.15, 0.2) is 0 Å². The summed E-state index contributed by atoms with van der Waals surface area (Å²) >= 11 is 0. The van der Waals surface area contributed by atoms with Gasteiger partial charge in [-0.3, -0.25) is 4.79 Å². The molecule has 1 saturated carbocycles. The van der Waals surface area contributed by atoms with Crippen LogP contribution in [0.25, 0.3) is 22.2 Å². The van der Waals surface area contributed by atoms with Crippen LogP contribution in [0.2, 0.25) is 0 Å². The molecule has 2 unspecified atom stereocenters. The molecule has 7 heteroatoms. The Morgan fingerprint density at radius 1 is 1.35 bits per heavy atom. The largest absolute Gasteiger partial charge is 0.496 e. The van der Waals surface area contributed by atoms with Crippen LogP contribution in [0.1, 0.15) is 6.42 Å². The Kier molecular flexibility index (Phi) is 3.86. The van der Waals surface area contributed by atoms with Gasteiger partial charge in [0.2, 0.25) is 5.91 Å². The second-order valence-electron chi connectivity index (χ2n) is 6.41. The summed E-state index contributed by atoms with van der Waals surface area (Å²) in [4.78, 5) is 16.1. The Bertz CT molecular complexity index is 1020. The van der Waals surface area contributed by atoms with Crippen LogP contribution in [0.3, 0.4) is 0 Å². The van der Waals surface area contributed by atoms with Crippen LogP contribution in [0.4, 0.5) is 14.6 Å². The van der Waals surface area contributed by atoms with Gasteiger partial charge >= 0.3 is 0 Å². The van der Waals surface area contributed by atoms with Crippen molar-refractivity contribution in [2.24, 2.45) is 13.0 Å². The zero-order chi connectivity index (χ0) is 18.4. The number of carbonyl (C=O) groups is 1. The summed E-state index contributed by atoms with van der Waals surface area (Å²) in [5.41, 5.74) is 2.20. The molecule has 26 heavy (non-hydrogen) atoms. The summed E-state index contributed by atoms with van der Waals surface area (Å²) < 4.78 is 33.9. The molecule has 0 saturated heterocycles. The molecule has 2 atom stereocenters.